The molecule has 0 aliphatic carbocycles. The molecule has 3 rings (SSSR count). The number of halogens is 2. The Bertz CT molecular complexity index is 757. The normalized spacial score (nSPS) is 10.9. The number of ether oxygens (including phenoxy) is 1. The Morgan fingerprint density at radius 3 is 2.84 bits per heavy atom. The van der Waals surface area contributed by atoms with Gasteiger partial charge in [0.05, 0.1) is 6.33 Å². The molecule has 2 aromatic heterocycles. The van der Waals surface area contributed by atoms with Crippen molar-refractivity contribution < 1.29 is 4.74 Å². The minimum Gasteiger partial charge on any atom is -0.437 e. The van der Waals surface area contributed by atoms with E-state index in [2.05, 4.69) is 19.9 Å². The summed E-state index contributed by atoms with van der Waals surface area (Å²) in [6, 6.07) is 5.33. The molecule has 0 aliphatic heterocycles. The van der Waals surface area contributed by atoms with Gasteiger partial charge in [-0.15, -0.1) is 0 Å². The van der Waals surface area contributed by atoms with E-state index in [0.29, 0.717) is 27.8 Å². The van der Waals surface area contributed by atoms with Crippen molar-refractivity contribution in [1.82, 2.24) is 19.9 Å². The molecule has 3 aromatic rings. The second-order valence-electron chi connectivity index (χ2n) is 3.91. The number of hydrogen-bond donors (Lipinski definition) is 1. The van der Waals surface area contributed by atoms with Gasteiger partial charge >= 0.3 is 0 Å². The van der Waals surface area contributed by atoms with Gasteiger partial charge in [-0.2, -0.15) is 9.97 Å². The van der Waals surface area contributed by atoms with Gasteiger partial charge in [-0.1, -0.05) is 11.6 Å². The van der Waals surface area contributed by atoms with Crippen molar-refractivity contribution in [2.45, 2.75) is 6.92 Å². The Labute approximate surface area is 118 Å². The van der Waals surface area contributed by atoms with Crippen molar-refractivity contribution in [1.29, 1.82) is 0 Å². The van der Waals surface area contributed by atoms with E-state index in [1.54, 1.807) is 12.1 Å². The first-order valence-corrected chi connectivity index (χ1v) is 6.20. The number of benzene rings is 1. The lowest BCUT2D eigenvalue weighted by molar-refractivity contribution is 0.464. The summed E-state index contributed by atoms with van der Waals surface area (Å²) < 4.78 is 5.75. The van der Waals surface area contributed by atoms with Crippen LogP contribution in [0.2, 0.25) is 10.3 Å². The molecule has 0 atom stereocenters. The number of aryl methyl sites for hydroxylation is 1. The summed E-state index contributed by atoms with van der Waals surface area (Å²) in [6.45, 7) is 1.90. The Balaban J connectivity index is 2.07. The summed E-state index contributed by atoms with van der Waals surface area (Å²) in [4.78, 5) is 15.0. The molecule has 0 aliphatic rings. The zero-order chi connectivity index (χ0) is 13.4. The van der Waals surface area contributed by atoms with Crippen molar-refractivity contribution in [2.24, 2.45) is 0 Å². The monoisotopic (exact) mass is 294 g/mol. The molecule has 0 amide bonds. The fourth-order valence-corrected chi connectivity index (χ4v) is 2.07. The molecule has 0 saturated carbocycles. The number of aromatic amines is 1. The summed E-state index contributed by atoms with van der Waals surface area (Å²) in [5.41, 5.74) is 1.95. The molecule has 1 aromatic carbocycles. The van der Waals surface area contributed by atoms with Crippen molar-refractivity contribution in [3.8, 4) is 11.6 Å². The highest BCUT2D eigenvalue weighted by atomic mass is 35.5. The molecular weight excluding hydrogens is 287 g/mol. The van der Waals surface area contributed by atoms with Crippen LogP contribution in [-0.4, -0.2) is 19.9 Å². The van der Waals surface area contributed by atoms with Gasteiger partial charge in [0.15, 0.2) is 5.65 Å². The first kappa shape index (κ1) is 12.2. The number of imidazole rings is 1. The molecule has 0 unspecified atom stereocenters. The van der Waals surface area contributed by atoms with E-state index in [9.17, 15) is 0 Å². The quantitative estimate of drug-likeness (QED) is 0.731. The topological polar surface area (TPSA) is 63.7 Å². The van der Waals surface area contributed by atoms with Crippen molar-refractivity contribution in [3.63, 3.8) is 0 Å². The summed E-state index contributed by atoms with van der Waals surface area (Å²) in [5, 5.41) is 0.735. The average Bonchev–Trinajstić information content (AvgIpc) is 2.80. The van der Waals surface area contributed by atoms with Crippen LogP contribution in [0.4, 0.5) is 0 Å². The summed E-state index contributed by atoms with van der Waals surface area (Å²) in [6.07, 6.45) is 1.51. The van der Waals surface area contributed by atoms with Crippen LogP contribution in [-0.2, 0) is 0 Å². The predicted molar refractivity (Wildman–Crippen MR) is 73.0 cm³/mol. The predicted octanol–water partition coefficient (Wildman–Crippen LogP) is 3.76. The molecule has 2 heterocycles. The van der Waals surface area contributed by atoms with Crippen molar-refractivity contribution in [2.75, 3.05) is 0 Å². The molecule has 96 valence electrons. The number of nitrogens with zero attached hydrogens (tertiary/aromatic N) is 3. The van der Waals surface area contributed by atoms with E-state index >= 15 is 0 Å². The van der Waals surface area contributed by atoms with Gasteiger partial charge in [-0.05, 0) is 42.3 Å². The van der Waals surface area contributed by atoms with Gasteiger partial charge in [0.1, 0.15) is 11.3 Å². The van der Waals surface area contributed by atoms with Crippen LogP contribution in [0, 0.1) is 6.92 Å². The fourth-order valence-electron chi connectivity index (χ4n) is 1.69. The van der Waals surface area contributed by atoms with E-state index in [1.807, 2.05) is 13.0 Å². The average molecular weight is 295 g/mol. The number of aromatic nitrogens is 4. The molecule has 5 nitrogen and oxygen atoms in total. The van der Waals surface area contributed by atoms with Crippen LogP contribution in [0.5, 0.6) is 11.6 Å². The number of H-pyrrole nitrogens is 1. The van der Waals surface area contributed by atoms with Gasteiger partial charge in [0.25, 0.3) is 0 Å². The highest BCUT2D eigenvalue weighted by Crippen LogP contribution is 2.29. The Kier molecular flexibility index (Phi) is 3.00. The lowest BCUT2D eigenvalue weighted by Gasteiger charge is -2.08. The van der Waals surface area contributed by atoms with E-state index in [4.69, 9.17) is 27.9 Å². The second kappa shape index (κ2) is 4.68. The van der Waals surface area contributed by atoms with Gasteiger partial charge in [0.2, 0.25) is 11.2 Å². The molecule has 0 spiro atoms. The third kappa shape index (κ3) is 2.34. The molecule has 0 saturated heterocycles. The number of rotatable bonds is 2. The smallest absolute Gasteiger partial charge is 0.250 e. The first-order chi connectivity index (χ1) is 9.13. The van der Waals surface area contributed by atoms with Crippen LogP contribution in [0.25, 0.3) is 11.2 Å². The largest absolute Gasteiger partial charge is 0.437 e. The number of nitrogens with one attached hydrogen (secondary N) is 1. The first-order valence-electron chi connectivity index (χ1n) is 5.44. The van der Waals surface area contributed by atoms with E-state index in [0.717, 1.165) is 5.56 Å². The SMILES string of the molecule is Cc1cc(Cl)ccc1Oc1nc(Cl)nc2nc[nH]c12. The van der Waals surface area contributed by atoms with Crippen LogP contribution >= 0.6 is 23.2 Å². The van der Waals surface area contributed by atoms with Crippen LogP contribution in [0.1, 0.15) is 5.56 Å². The molecule has 7 heteroatoms. The van der Waals surface area contributed by atoms with E-state index in [-0.39, 0.29) is 5.28 Å². The van der Waals surface area contributed by atoms with Crippen LogP contribution in [0.15, 0.2) is 24.5 Å². The van der Waals surface area contributed by atoms with Crippen LogP contribution in [0.3, 0.4) is 0 Å². The summed E-state index contributed by atoms with van der Waals surface area (Å²) in [7, 11) is 0. The Hall–Kier alpha value is -1.85. The summed E-state index contributed by atoms with van der Waals surface area (Å²) >= 11 is 11.7. The number of fused-ring (bicyclic) bond motifs is 1. The maximum absolute atomic E-state index is 5.90. The molecule has 0 bridgehead atoms. The summed E-state index contributed by atoms with van der Waals surface area (Å²) in [5.74, 6) is 0.980. The molecule has 0 radical (unpaired) electrons. The Morgan fingerprint density at radius 1 is 1.21 bits per heavy atom. The lowest BCUT2D eigenvalue weighted by Crippen LogP contribution is -1.94. The zero-order valence-corrected chi connectivity index (χ0v) is 11.3. The maximum Gasteiger partial charge on any atom is 0.250 e. The lowest BCUT2D eigenvalue weighted by atomic mass is 10.2. The third-order valence-corrected chi connectivity index (χ3v) is 2.97. The standard InChI is InChI=1S/C12H8Cl2N4O/c1-6-4-7(13)2-3-8(6)19-11-9-10(16-5-15-9)17-12(14)18-11/h2-5H,1H3,(H,15,16,17,18). The Morgan fingerprint density at radius 2 is 2.05 bits per heavy atom. The zero-order valence-electron chi connectivity index (χ0n) is 9.82. The fraction of sp³-hybridized carbons (Fsp3) is 0.0833. The van der Waals surface area contributed by atoms with Gasteiger partial charge in [0, 0.05) is 5.02 Å². The highest BCUT2D eigenvalue weighted by molar-refractivity contribution is 6.30. The second-order valence-corrected chi connectivity index (χ2v) is 4.69. The molecule has 19 heavy (non-hydrogen) atoms. The molecule has 0 fully saturated rings. The maximum atomic E-state index is 5.90. The van der Waals surface area contributed by atoms with Gasteiger partial charge < -0.3 is 9.72 Å². The van der Waals surface area contributed by atoms with E-state index < -0.39 is 0 Å². The highest BCUT2D eigenvalue weighted by Gasteiger charge is 2.12. The minimum atomic E-state index is 0.0845. The molecule has 1 N–H and O–H groups in total. The third-order valence-electron chi connectivity index (χ3n) is 2.57. The van der Waals surface area contributed by atoms with Crippen molar-refractivity contribution >= 4 is 34.4 Å². The molecular formula is C12H8Cl2N4O. The van der Waals surface area contributed by atoms with Gasteiger partial charge in [-0.25, -0.2) is 4.98 Å². The number of hydrogen-bond acceptors (Lipinski definition) is 4. The van der Waals surface area contributed by atoms with Crippen molar-refractivity contribution in [3.05, 3.63) is 40.4 Å². The van der Waals surface area contributed by atoms with Crippen LogP contribution < -0.4 is 4.74 Å². The minimum absolute atomic E-state index is 0.0845. The van der Waals surface area contributed by atoms with Gasteiger partial charge in [-0.3, -0.25) is 0 Å². The van der Waals surface area contributed by atoms with E-state index in [1.165, 1.54) is 6.33 Å².